The zero-order valence-corrected chi connectivity index (χ0v) is 13.5. The van der Waals surface area contributed by atoms with Crippen LogP contribution in [0.2, 0.25) is 0 Å². The van der Waals surface area contributed by atoms with Gasteiger partial charge in [-0.3, -0.25) is 0 Å². The van der Waals surface area contributed by atoms with Gasteiger partial charge >= 0.3 is 0 Å². The quantitative estimate of drug-likeness (QED) is 0.809. The Balaban J connectivity index is 1.89. The number of rotatable bonds is 1. The van der Waals surface area contributed by atoms with E-state index in [0.717, 1.165) is 24.9 Å². The fraction of sp³-hybridized carbons (Fsp3) is 0.611. The average Bonchev–Trinajstić information content (AvgIpc) is 3.08. The van der Waals surface area contributed by atoms with E-state index in [1.54, 1.807) is 0 Å². The molecule has 4 heteroatoms. The molecule has 1 aromatic rings. The van der Waals surface area contributed by atoms with Crippen LogP contribution in [0.15, 0.2) is 18.2 Å². The van der Waals surface area contributed by atoms with Gasteiger partial charge in [0.1, 0.15) is 6.04 Å². The van der Waals surface area contributed by atoms with Crippen LogP contribution in [0.4, 0.5) is 5.69 Å². The standard InChI is InChI=1S/C18H23N3O/c1-17(2)16(22-17)12-7-5-9-18(20)14(10-19)21(3)13-8-4-6-11(12)15(13)18/h4,6,8,12,14,16H,5,7,9,20H2,1-3H3/t12-,14+,16+,18+/m0/s1. The lowest BCUT2D eigenvalue weighted by molar-refractivity contribution is 0.307. The van der Waals surface area contributed by atoms with Crippen LogP contribution in [0.1, 0.15) is 50.2 Å². The largest absolute Gasteiger partial charge is 0.366 e. The van der Waals surface area contributed by atoms with Gasteiger partial charge in [-0.05, 0) is 38.3 Å². The van der Waals surface area contributed by atoms with Gasteiger partial charge in [0.25, 0.3) is 0 Å². The van der Waals surface area contributed by atoms with E-state index in [9.17, 15) is 5.26 Å². The smallest absolute Gasteiger partial charge is 0.139 e. The molecular weight excluding hydrogens is 274 g/mol. The van der Waals surface area contributed by atoms with Crippen molar-refractivity contribution < 1.29 is 4.74 Å². The van der Waals surface area contributed by atoms with Crippen molar-refractivity contribution in [3.63, 3.8) is 0 Å². The molecule has 2 heterocycles. The Morgan fingerprint density at radius 3 is 2.77 bits per heavy atom. The number of ether oxygens (including phenoxy) is 1. The van der Waals surface area contributed by atoms with E-state index < -0.39 is 5.54 Å². The minimum Gasteiger partial charge on any atom is -0.366 e. The summed E-state index contributed by atoms with van der Waals surface area (Å²) < 4.78 is 5.95. The van der Waals surface area contributed by atoms with Crippen LogP contribution in [0.5, 0.6) is 0 Å². The van der Waals surface area contributed by atoms with Crippen LogP contribution < -0.4 is 10.6 Å². The molecule has 0 radical (unpaired) electrons. The molecule has 116 valence electrons. The minimum atomic E-state index is -0.552. The molecule has 3 aliphatic rings. The summed E-state index contributed by atoms with van der Waals surface area (Å²) in [4.78, 5) is 2.06. The summed E-state index contributed by atoms with van der Waals surface area (Å²) in [7, 11) is 1.99. The van der Waals surface area contributed by atoms with Gasteiger partial charge < -0.3 is 15.4 Å². The fourth-order valence-corrected chi connectivity index (χ4v) is 4.70. The number of likely N-dealkylation sites (N-methyl/N-ethyl adjacent to an activating group) is 1. The number of hydrogen-bond donors (Lipinski definition) is 1. The zero-order valence-electron chi connectivity index (χ0n) is 13.5. The van der Waals surface area contributed by atoms with Crippen LogP contribution in [0.25, 0.3) is 0 Å². The van der Waals surface area contributed by atoms with Gasteiger partial charge in [-0.25, -0.2) is 0 Å². The van der Waals surface area contributed by atoms with E-state index in [0.29, 0.717) is 5.92 Å². The van der Waals surface area contributed by atoms with Crippen molar-refractivity contribution in [1.82, 2.24) is 0 Å². The zero-order chi connectivity index (χ0) is 15.7. The van der Waals surface area contributed by atoms with E-state index in [4.69, 9.17) is 10.5 Å². The maximum absolute atomic E-state index is 9.66. The predicted molar refractivity (Wildman–Crippen MR) is 85.7 cm³/mol. The lowest BCUT2D eigenvalue weighted by Crippen LogP contribution is -2.49. The van der Waals surface area contributed by atoms with Crippen molar-refractivity contribution in [1.29, 1.82) is 5.26 Å². The molecule has 0 saturated carbocycles. The maximum atomic E-state index is 9.66. The lowest BCUT2D eigenvalue weighted by Gasteiger charge is -2.29. The second kappa shape index (κ2) is 4.24. The molecule has 4 rings (SSSR count). The molecule has 0 unspecified atom stereocenters. The van der Waals surface area contributed by atoms with Crippen molar-refractivity contribution >= 4 is 5.69 Å². The summed E-state index contributed by atoms with van der Waals surface area (Å²) in [6, 6.07) is 8.54. The van der Waals surface area contributed by atoms with Crippen molar-refractivity contribution in [2.45, 2.75) is 62.3 Å². The molecule has 1 aromatic carbocycles. The van der Waals surface area contributed by atoms with Crippen molar-refractivity contribution in [3.8, 4) is 6.07 Å². The second-order valence-electron chi connectivity index (χ2n) is 7.56. The number of nitrogens with zero attached hydrogens (tertiary/aromatic N) is 2. The molecule has 4 atom stereocenters. The predicted octanol–water partition coefficient (Wildman–Crippen LogP) is 2.63. The lowest BCUT2D eigenvalue weighted by atomic mass is 9.80. The van der Waals surface area contributed by atoms with E-state index in [-0.39, 0.29) is 17.7 Å². The Morgan fingerprint density at radius 1 is 1.41 bits per heavy atom. The summed E-state index contributed by atoms with van der Waals surface area (Å²) in [5.41, 5.74) is 9.84. The van der Waals surface area contributed by atoms with Crippen molar-refractivity contribution in [3.05, 3.63) is 29.3 Å². The highest BCUT2D eigenvalue weighted by Gasteiger charge is 2.57. The number of nitrogens with two attached hydrogens (primary N) is 1. The third-order valence-corrected chi connectivity index (χ3v) is 5.85. The number of epoxide rings is 1. The van der Waals surface area contributed by atoms with Crippen LogP contribution in [0.3, 0.4) is 0 Å². The first-order chi connectivity index (χ1) is 10.4. The topological polar surface area (TPSA) is 65.6 Å². The third kappa shape index (κ3) is 1.64. The normalized spacial score (nSPS) is 38.1. The molecule has 1 aliphatic carbocycles. The second-order valence-corrected chi connectivity index (χ2v) is 7.56. The van der Waals surface area contributed by atoms with Gasteiger partial charge in [0, 0.05) is 24.2 Å². The van der Waals surface area contributed by atoms with Gasteiger partial charge in [0.05, 0.1) is 23.3 Å². The van der Waals surface area contributed by atoms with Crippen molar-refractivity contribution in [2.24, 2.45) is 5.73 Å². The summed E-state index contributed by atoms with van der Waals surface area (Å²) in [5, 5.41) is 9.66. The highest BCUT2D eigenvalue weighted by Crippen LogP contribution is 2.55. The number of hydrogen-bond acceptors (Lipinski definition) is 4. The van der Waals surface area contributed by atoms with E-state index in [2.05, 4.69) is 43.0 Å². The molecule has 1 saturated heterocycles. The Labute approximate surface area is 131 Å². The van der Waals surface area contributed by atoms with Gasteiger partial charge in [-0.2, -0.15) is 5.26 Å². The summed E-state index contributed by atoms with van der Waals surface area (Å²) in [6.07, 6.45) is 3.26. The number of benzene rings is 1. The van der Waals surface area contributed by atoms with Crippen LogP contribution >= 0.6 is 0 Å². The molecule has 0 amide bonds. The monoisotopic (exact) mass is 297 g/mol. The molecule has 1 fully saturated rings. The van der Waals surface area contributed by atoms with E-state index >= 15 is 0 Å². The van der Waals surface area contributed by atoms with Gasteiger partial charge in [-0.15, -0.1) is 0 Å². The molecule has 2 N–H and O–H groups in total. The molecule has 0 spiro atoms. The van der Waals surface area contributed by atoms with Gasteiger partial charge in [-0.1, -0.05) is 18.6 Å². The molecule has 0 aromatic heterocycles. The van der Waals surface area contributed by atoms with Gasteiger partial charge in [0.2, 0.25) is 0 Å². The first-order valence-electron chi connectivity index (χ1n) is 8.12. The number of anilines is 1. The maximum Gasteiger partial charge on any atom is 0.139 e. The summed E-state index contributed by atoms with van der Waals surface area (Å²) in [6.45, 7) is 4.32. The van der Waals surface area contributed by atoms with Crippen LogP contribution in [-0.2, 0) is 10.3 Å². The fourth-order valence-electron chi connectivity index (χ4n) is 4.70. The summed E-state index contributed by atoms with van der Waals surface area (Å²) >= 11 is 0. The number of nitriles is 1. The minimum absolute atomic E-state index is 0.0336. The molecule has 0 bridgehead atoms. The highest BCUT2D eigenvalue weighted by atomic mass is 16.6. The summed E-state index contributed by atoms with van der Waals surface area (Å²) in [5.74, 6) is 0.390. The van der Waals surface area contributed by atoms with Gasteiger partial charge in [0.15, 0.2) is 0 Å². The van der Waals surface area contributed by atoms with E-state index in [1.807, 2.05) is 7.05 Å². The van der Waals surface area contributed by atoms with Crippen molar-refractivity contribution in [2.75, 3.05) is 11.9 Å². The Bertz CT molecular complexity index is 677. The Hall–Kier alpha value is -1.57. The third-order valence-electron chi connectivity index (χ3n) is 5.85. The first-order valence-corrected chi connectivity index (χ1v) is 8.12. The average molecular weight is 297 g/mol. The molecule has 22 heavy (non-hydrogen) atoms. The molecule has 2 aliphatic heterocycles. The Morgan fingerprint density at radius 2 is 2.14 bits per heavy atom. The Kier molecular flexibility index (Phi) is 2.71. The molecule has 4 nitrogen and oxygen atoms in total. The molecular formula is C18H23N3O. The first kappa shape index (κ1) is 14.0. The van der Waals surface area contributed by atoms with Crippen LogP contribution in [-0.4, -0.2) is 24.8 Å². The van der Waals surface area contributed by atoms with Crippen LogP contribution in [0, 0.1) is 11.3 Å². The van der Waals surface area contributed by atoms with E-state index in [1.165, 1.54) is 11.1 Å². The SMILES string of the molecule is CN1c2cccc3c2[C@@](N)(CCC[C@@H]3[C@H]2OC2(C)C)[C@H]1C#N. The highest BCUT2D eigenvalue weighted by molar-refractivity contribution is 5.69.